The molecule has 2 atom stereocenters. The number of aromatic nitrogens is 1. The van der Waals surface area contributed by atoms with Crippen molar-refractivity contribution in [3.63, 3.8) is 0 Å². The smallest absolute Gasteiger partial charge is 0.340 e. The molecule has 1 aromatic carbocycles. The van der Waals surface area contributed by atoms with Crippen molar-refractivity contribution in [3.8, 4) is 5.75 Å². The van der Waals surface area contributed by atoms with Crippen molar-refractivity contribution in [3.05, 3.63) is 23.4 Å². The van der Waals surface area contributed by atoms with Gasteiger partial charge in [-0.2, -0.15) is 0 Å². The van der Waals surface area contributed by atoms with Gasteiger partial charge in [-0.15, -0.1) is 0 Å². The largest absolute Gasteiger partial charge is 0.495 e. The summed E-state index contributed by atoms with van der Waals surface area (Å²) in [4.78, 5) is 27.9. The van der Waals surface area contributed by atoms with Crippen molar-refractivity contribution in [2.45, 2.75) is 34.1 Å². The van der Waals surface area contributed by atoms with Crippen LogP contribution in [-0.2, 0) is 16.6 Å². The second kappa shape index (κ2) is 9.08. The highest BCUT2D eigenvalue weighted by atomic mass is 16.5. The first-order chi connectivity index (χ1) is 14.3. The molecule has 1 N–H and O–H groups in total. The molecule has 7 heteroatoms. The van der Waals surface area contributed by atoms with Gasteiger partial charge >= 0.3 is 5.97 Å². The number of carbonyl (C=O) groups excluding carboxylic acids is 2. The van der Waals surface area contributed by atoms with E-state index in [9.17, 15) is 9.59 Å². The number of methoxy groups -OCH3 is 1. The number of piperidine rings is 1. The molecule has 0 radical (unpaired) electrons. The summed E-state index contributed by atoms with van der Waals surface area (Å²) in [7, 11) is 3.46. The molecular formula is C23H33N3O4. The number of rotatable bonds is 6. The van der Waals surface area contributed by atoms with Gasteiger partial charge in [0.1, 0.15) is 5.75 Å². The van der Waals surface area contributed by atoms with Crippen molar-refractivity contribution in [2.75, 3.05) is 38.7 Å². The normalized spacial score (nSPS) is 19.7. The lowest BCUT2D eigenvalue weighted by molar-refractivity contribution is -0.117. The molecule has 0 saturated carbocycles. The molecule has 0 bridgehead atoms. The van der Waals surface area contributed by atoms with Crippen LogP contribution < -0.4 is 10.1 Å². The third-order valence-electron chi connectivity index (χ3n) is 5.90. The number of ether oxygens (including phenoxy) is 2. The second-order valence-electron chi connectivity index (χ2n) is 8.47. The summed E-state index contributed by atoms with van der Waals surface area (Å²) in [5.41, 5.74) is 2.60. The van der Waals surface area contributed by atoms with Crippen LogP contribution in [0.15, 0.2) is 12.1 Å². The Bertz CT molecular complexity index is 940. The maximum Gasteiger partial charge on any atom is 0.340 e. The molecule has 2 heterocycles. The Hall–Kier alpha value is -2.54. The fourth-order valence-electron chi connectivity index (χ4n) is 4.68. The van der Waals surface area contributed by atoms with E-state index in [1.807, 2.05) is 30.7 Å². The highest BCUT2D eigenvalue weighted by Gasteiger charge is 2.27. The number of benzene rings is 1. The summed E-state index contributed by atoms with van der Waals surface area (Å²) in [6, 6.07) is 3.71. The summed E-state index contributed by atoms with van der Waals surface area (Å²) in [5.74, 6) is 1.16. The molecule has 30 heavy (non-hydrogen) atoms. The number of hydrogen-bond acceptors (Lipinski definition) is 5. The number of fused-ring (bicyclic) bond motifs is 1. The molecular weight excluding hydrogens is 382 g/mol. The quantitative estimate of drug-likeness (QED) is 0.730. The third-order valence-corrected chi connectivity index (χ3v) is 5.90. The van der Waals surface area contributed by atoms with Crippen molar-refractivity contribution in [2.24, 2.45) is 18.9 Å². The van der Waals surface area contributed by atoms with Crippen molar-refractivity contribution in [1.82, 2.24) is 9.47 Å². The standard InChI is InChI=1S/C23H33N3O4/c1-7-30-23(28)20-16(4)25(5)17-8-9-18(29-6)22(21(17)20)24-19(27)13-26-11-14(2)10-15(3)12-26/h8-9,14-15H,7,10-13H2,1-6H3,(H,24,27). The van der Waals surface area contributed by atoms with Crippen LogP contribution in [0.2, 0.25) is 0 Å². The van der Waals surface area contributed by atoms with Crippen LogP contribution in [0.5, 0.6) is 5.75 Å². The molecule has 1 fully saturated rings. The molecule has 2 aromatic rings. The number of esters is 1. The molecule has 1 aromatic heterocycles. The van der Waals surface area contributed by atoms with Crippen LogP contribution in [0.1, 0.15) is 43.2 Å². The summed E-state index contributed by atoms with van der Waals surface area (Å²) in [6.07, 6.45) is 1.19. The van der Waals surface area contributed by atoms with E-state index in [1.165, 1.54) is 6.42 Å². The van der Waals surface area contributed by atoms with E-state index in [-0.39, 0.29) is 12.5 Å². The first-order valence-corrected chi connectivity index (χ1v) is 10.6. The number of carbonyl (C=O) groups is 2. The molecule has 2 unspecified atom stereocenters. The van der Waals surface area contributed by atoms with Crippen molar-refractivity contribution >= 4 is 28.5 Å². The lowest BCUT2D eigenvalue weighted by atomic mass is 9.92. The fourth-order valence-corrected chi connectivity index (χ4v) is 4.68. The van der Waals surface area contributed by atoms with Gasteiger partial charge in [-0.1, -0.05) is 13.8 Å². The van der Waals surface area contributed by atoms with E-state index in [1.54, 1.807) is 14.0 Å². The SMILES string of the molecule is CCOC(=O)c1c(C)n(C)c2ccc(OC)c(NC(=O)CN3CC(C)CC(C)C3)c12. The third kappa shape index (κ3) is 4.31. The number of anilines is 1. The number of likely N-dealkylation sites (tertiary alicyclic amines) is 1. The van der Waals surface area contributed by atoms with Gasteiger partial charge in [0.2, 0.25) is 5.91 Å². The van der Waals surface area contributed by atoms with Gasteiger partial charge in [-0.25, -0.2) is 4.79 Å². The van der Waals surface area contributed by atoms with Gasteiger partial charge in [0.15, 0.2) is 0 Å². The average Bonchev–Trinajstić information content (AvgIpc) is 2.92. The Labute approximate surface area is 178 Å². The van der Waals surface area contributed by atoms with Gasteiger partial charge in [0, 0.05) is 31.2 Å². The first-order valence-electron chi connectivity index (χ1n) is 10.6. The molecule has 3 rings (SSSR count). The zero-order valence-corrected chi connectivity index (χ0v) is 18.9. The highest BCUT2D eigenvalue weighted by molar-refractivity contribution is 6.14. The second-order valence-corrected chi connectivity index (χ2v) is 8.47. The Morgan fingerprint density at radius 2 is 1.87 bits per heavy atom. The lowest BCUT2D eigenvalue weighted by Gasteiger charge is -2.34. The maximum atomic E-state index is 13.0. The van der Waals surface area contributed by atoms with Crippen LogP contribution >= 0.6 is 0 Å². The Morgan fingerprint density at radius 3 is 2.47 bits per heavy atom. The highest BCUT2D eigenvalue weighted by Crippen LogP contribution is 2.38. The Kier molecular flexibility index (Phi) is 6.71. The van der Waals surface area contributed by atoms with E-state index in [2.05, 4.69) is 24.1 Å². The molecule has 1 amide bonds. The fraction of sp³-hybridized carbons (Fsp3) is 0.565. The number of nitrogens with one attached hydrogen (secondary N) is 1. The topological polar surface area (TPSA) is 72.8 Å². The average molecular weight is 416 g/mol. The monoisotopic (exact) mass is 415 g/mol. The van der Waals surface area contributed by atoms with E-state index >= 15 is 0 Å². The first kappa shape index (κ1) is 22.2. The predicted molar refractivity (Wildman–Crippen MR) is 118 cm³/mol. The number of nitrogens with zero attached hydrogens (tertiary/aromatic N) is 2. The molecule has 1 saturated heterocycles. The van der Waals surface area contributed by atoms with Crippen LogP contribution in [0.3, 0.4) is 0 Å². The molecule has 0 spiro atoms. The molecule has 1 aliphatic heterocycles. The Morgan fingerprint density at radius 1 is 1.20 bits per heavy atom. The van der Waals surface area contributed by atoms with Crippen LogP contribution in [0.4, 0.5) is 5.69 Å². The number of amides is 1. The van der Waals surface area contributed by atoms with Gasteiger partial charge in [-0.05, 0) is 44.2 Å². The van der Waals surface area contributed by atoms with Gasteiger partial charge in [-0.3, -0.25) is 9.69 Å². The van der Waals surface area contributed by atoms with Crippen molar-refractivity contribution < 1.29 is 19.1 Å². The maximum absolute atomic E-state index is 13.0. The predicted octanol–water partition coefficient (Wildman–Crippen LogP) is 3.59. The zero-order chi connectivity index (χ0) is 22.0. The summed E-state index contributed by atoms with van der Waals surface area (Å²) >= 11 is 0. The van der Waals surface area contributed by atoms with E-state index in [0.717, 1.165) is 24.3 Å². The number of hydrogen-bond donors (Lipinski definition) is 1. The lowest BCUT2D eigenvalue weighted by Crippen LogP contribution is -2.42. The Balaban J connectivity index is 1.98. The molecule has 1 aliphatic rings. The van der Waals surface area contributed by atoms with E-state index in [0.29, 0.717) is 40.8 Å². The molecule has 164 valence electrons. The minimum absolute atomic E-state index is 0.113. The van der Waals surface area contributed by atoms with Gasteiger partial charge in [0.25, 0.3) is 0 Å². The minimum Gasteiger partial charge on any atom is -0.495 e. The number of aryl methyl sites for hydroxylation is 1. The van der Waals surface area contributed by atoms with Gasteiger partial charge in [0.05, 0.1) is 37.0 Å². The van der Waals surface area contributed by atoms with Crippen LogP contribution in [0, 0.1) is 18.8 Å². The molecule has 0 aliphatic carbocycles. The summed E-state index contributed by atoms with van der Waals surface area (Å²) in [5, 5.41) is 3.69. The van der Waals surface area contributed by atoms with Crippen LogP contribution in [-0.4, -0.2) is 54.7 Å². The van der Waals surface area contributed by atoms with Gasteiger partial charge < -0.3 is 19.4 Å². The zero-order valence-electron chi connectivity index (χ0n) is 18.9. The van der Waals surface area contributed by atoms with Crippen molar-refractivity contribution in [1.29, 1.82) is 0 Å². The van der Waals surface area contributed by atoms with Crippen LogP contribution in [0.25, 0.3) is 10.9 Å². The molecule has 7 nitrogen and oxygen atoms in total. The minimum atomic E-state index is -0.400. The van der Waals surface area contributed by atoms with E-state index in [4.69, 9.17) is 9.47 Å². The summed E-state index contributed by atoms with van der Waals surface area (Å²) in [6.45, 7) is 10.5. The summed E-state index contributed by atoms with van der Waals surface area (Å²) < 4.78 is 12.8. The van der Waals surface area contributed by atoms with E-state index < -0.39 is 5.97 Å².